The molecule has 1 amide bonds. The molecule has 3 heterocycles. The molecule has 3 rings (SSSR count). The summed E-state index contributed by atoms with van der Waals surface area (Å²) >= 11 is 7.63. The molecule has 2 saturated heterocycles. The van der Waals surface area contributed by atoms with Crippen LogP contribution in [0.15, 0.2) is 21.9 Å². The Labute approximate surface area is 216 Å². The van der Waals surface area contributed by atoms with Crippen LogP contribution in [0.25, 0.3) is 0 Å². The lowest BCUT2D eigenvalue weighted by molar-refractivity contribution is -0.117. The van der Waals surface area contributed by atoms with Gasteiger partial charge in [-0.2, -0.15) is 0 Å². The van der Waals surface area contributed by atoms with Crippen LogP contribution < -0.4 is 16.6 Å². The number of nitrogens with zero attached hydrogens (tertiary/aromatic N) is 1. The standard InChI is InChI=1S/C20H29ClN3O10PS/c1-5-30-18(28)22-11-19(2,3)16(26)36-9-8-31-35(29)32-10-12-14(34-35)20(4,21)15(33-12)24-7-6-13(25)23-17(24)27/h6-7,12,14-15H,5,8-11H2,1-4H3,(H,22,28)(H,23,25,27)/t12-,14-,15-,20-,35+/m1/s1. The van der Waals surface area contributed by atoms with E-state index in [1.165, 1.54) is 6.20 Å². The van der Waals surface area contributed by atoms with Crippen molar-refractivity contribution < 1.29 is 37.2 Å². The van der Waals surface area contributed by atoms with E-state index in [2.05, 4.69) is 10.3 Å². The van der Waals surface area contributed by atoms with Gasteiger partial charge in [0.1, 0.15) is 17.1 Å². The second kappa shape index (κ2) is 11.4. The summed E-state index contributed by atoms with van der Waals surface area (Å²) in [6, 6.07) is 1.15. The van der Waals surface area contributed by atoms with Crippen LogP contribution in [0.4, 0.5) is 4.79 Å². The molecule has 13 nitrogen and oxygen atoms in total. The van der Waals surface area contributed by atoms with E-state index in [-0.39, 0.29) is 37.2 Å². The molecule has 2 N–H and O–H groups in total. The molecule has 1 aromatic heterocycles. The summed E-state index contributed by atoms with van der Waals surface area (Å²) < 4.78 is 41.0. The number of aromatic amines is 1. The minimum absolute atomic E-state index is 0.0835. The Morgan fingerprint density at radius 2 is 2.14 bits per heavy atom. The van der Waals surface area contributed by atoms with Gasteiger partial charge >= 0.3 is 19.6 Å². The molecule has 0 bridgehead atoms. The van der Waals surface area contributed by atoms with Gasteiger partial charge in [-0.25, -0.2) is 14.2 Å². The Kier molecular flexibility index (Phi) is 9.13. The quantitative estimate of drug-likeness (QED) is 0.254. The van der Waals surface area contributed by atoms with Gasteiger partial charge < -0.3 is 14.8 Å². The minimum atomic E-state index is -4.04. The number of nitrogens with one attached hydrogen (secondary N) is 2. The molecule has 0 radical (unpaired) electrons. The Morgan fingerprint density at radius 3 is 2.81 bits per heavy atom. The van der Waals surface area contributed by atoms with Gasteiger partial charge in [0.25, 0.3) is 5.56 Å². The predicted octanol–water partition coefficient (Wildman–Crippen LogP) is 2.00. The molecule has 2 aliphatic rings. The number of hydrogen-bond donors (Lipinski definition) is 2. The highest BCUT2D eigenvalue weighted by molar-refractivity contribution is 8.13. The van der Waals surface area contributed by atoms with Gasteiger partial charge in [0.05, 0.1) is 25.2 Å². The molecule has 36 heavy (non-hydrogen) atoms. The number of carbonyl (C=O) groups is 2. The maximum atomic E-state index is 13.0. The van der Waals surface area contributed by atoms with Crippen LogP contribution in [-0.4, -0.2) is 70.0 Å². The van der Waals surface area contributed by atoms with Gasteiger partial charge in [-0.3, -0.25) is 32.7 Å². The molecule has 202 valence electrons. The Balaban J connectivity index is 1.53. The second-order valence-electron chi connectivity index (χ2n) is 8.89. The van der Waals surface area contributed by atoms with Crippen LogP contribution in [0.3, 0.4) is 0 Å². The second-order valence-corrected chi connectivity index (χ2v) is 12.4. The van der Waals surface area contributed by atoms with Crippen molar-refractivity contribution in [3.05, 3.63) is 33.1 Å². The zero-order valence-corrected chi connectivity index (χ0v) is 22.7. The van der Waals surface area contributed by atoms with Crippen molar-refractivity contribution in [2.75, 3.05) is 32.1 Å². The number of aromatic nitrogens is 2. The number of alkyl halides is 1. The van der Waals surface area contributed by atoms with E-state index in [9.17, 15) is 23.7 Å². The normalized spacial score (nSPS) is 30.0. The monoisotopic (exact) mass is 569 g/mol. The molecular formula is C20H29ClN3O10PS. The Hall–Kier alpha value is -1.67. The molecule has 16 heteroatoms. The van der Waals surface area contributed by atoms with E-state index >= 15 is 0 Å². The highest BCUT2D eigenvalue weighted by atomic mass is 35.5. The van der Waals surface area contributed by atoms with E-state index in [0.717, 1.165) is 22.4 Å². The zero-order valence-electron chi connectivity index (χ0n) is 20.2. The summed E-state index contributed by atoms with van der Waals surface area (Å²) in [4.78, 5) is 48.3. The van der Waals surface area contributed by atoms with Crippen LogP contribution >= 0.6 is 31.2 Å². The first-order valence-corrected chi connectivity index (χ1v) is 13.9. The van der Waals surface area contributed by atoms with Crippen LogP contribution in [0.2, 0.25) is 0 Å². The first-order chi connectivity index (χ1) is 16.8. The molecule has 2 fully saturated rings. The number of carbonyl (C=O) groups excluding carboxylic acids is 2. The molecule has 0 saturated carbocycles. The Morgan fingerprint density at radius 1 is 1.42 bits per heavy atom. The average Bonchev–Trinajstić information content (AvgIpc) is 3.05. The van der Waals surface area contributed by atoms with Gasteiger partial charge in [-0.15, -0.1) is 11.6 Å². The highest BCUT2D eigenvalue weighted by Crippen LogP contribution is 2.59. The SMILES string of the molecule is CCOC(=O)NCC(C)(C)C(=O)SCCO[P@@]1(=O)OC[C@H]2O[C@@H](n3ccc(=O)[nH]c3=O)[C@](C)(Cl)[C@@H]2O1. The molecule has 1 aromatic rings. The smallest absolute Gasteiger partial charge is 0.450 e. The fourth-order valence-corrected chi connectivity index (χ4v) is 6.37. The maximum absolute atomic E-state index is 13.0. The number of thioether (sulfide) groups is 1. The fourth-order valence-electron chi connectivity index (χ4n) is 3.55. The van der Waals surface area contributed by atoms with Gasteiger partial charge in [0.15, 0.2) is 11.3 Å². The minimum Gasteiger partial charge on any atom is -0.450 e. The number of hydrogen-bond acceptors (Lipinski definition) is 11. The van der Waals surface area contributed by atoms with Gasteiger partial charge in [-0.1, -0.05) is 25.6 Å². The summed E-state index contributed by atoms with van der Waals surface area (Å²) in [5, 5.41) is 2.32. The largest absolute Gasteiger partial charge is 0.475 e. The zero-order chi connectivity index (χ0) is 26.7. The fraction of sp³-hybridized carbons (Fsp3) is 0.700. The number of ether oxygens (including phenoxy) is 2. The summed E-state index contributed by atoms with van der Waals surface area (Å²) in [7, 11) is -4.04. The van der Waals surface area contributed by atoms with Crippen molar-refractivity contribution >= 4 is 42.4 Å². The number of rotatable bonds is 9. The first kappa shape index (κ1) is 28.9. The van der Waals surface area contributed by atoms with Crippen LogP contribution in [0.1, 0.15) is 33.9 Å². The van der Waals surface area contributed by atoms with Crippen molar-refractivity contribution in [2.45, 2.75) is 51.0 Å². The van der Waals surface area contributed by atoms with Crippen molar-refractivity contribution in [3.63, 3.8) is 0 Å². The third-order valence-electron chi connectivity index (χ3n) is 5.49. The van der Waals surface area contributed by atoms with Gasteiger partial charge in [0.2, 0.25) is 0 Å². The van der Waals surface area contributed by atoms with E-state index in [0.29, 0.717) is 0 Å². The average molecular weight is 570 g/mol. The molecule has 0 aliphatic carbocycles. The topological polar surface area (TPSA) is 164 Å². The van der Waals surface area contributed by atoms with Crippen molar-refractivity contribution in [3.8, 4) is 0 Å². The van der Waals surface area contributed by atoms with Crippen LogP contribution in [-0.2, 0) is 32.4 Å². The lowest BCUT2D eigenvalue weighted by atomic mass is 9.96. The molecule has 2 aliphatic heterocycles. The number of alkyl carbamates (subject to hydrolysis) is 1. The number of fused-ring (bicyclic) bond motifs is 1. The van der Waals surface area contributed by atoms with Crippen molar-refractivity contribution in [2.24, 2.45) is 5.41 Å². The van der Waals surface area contributed by atoms with E-state index in [4.69, 9.17) is 34.6 Å². The number of H-pyrrole nitrogens is 1. The Bertz CT molecular complexity index is 1140. The van der Waals surface area contributed by atoms with Gasteiger partial charge in [0, 0.05) is 24.6 Å². The number of phosphoric ester groups is 1. The lowest BCUT2D eigenvalue weighted by Gasteiger charge is -2.34. The molecule has 0 unspecified atom stereocenters. The van der Waals surface area contributed by atoms with Crippen LogP contribution in [0, 0.1) is 5.41 Å². The maximum Gasteiger partial charge on any atom is 0.475 e. The molecule has 0 spiro atoms. The molecule has 0 aromatic carbocycles. The van der Waals surface area contributed by atoms with E-state index < -0.39 is 53.9 Å². The van der Waals surface area contributed by atoms with Crippen molar-refractivity contribution in [1.29, 1.82) is 0 Å². The van der Waals surface area contributed by atoms with Crippen molar-refractivity contribution in [1.82, 2.24) is 14.9 Å². The molecular weight excluding hydrogens is 541 g/mol. The van der Waals surface area contributed by atoms with E-state index in [1.54, 1.807) is 27.7 Å². The first-order valence-electron chi connectivity index (χ1n) is 11.1. The van der Waals surface area contributed by atoms with Gasteiger partial charge in [-0.05, 0) is 13.8 Å². The predicted molar refractivity (Wildman–Crippen MR) is 130 cm³/mol. The van der Waals surface area contributed by atoms with E-state index in [1.807, 2.05) is 0 Å². The number of phosphoric acid groups is 1. The summed E-state index contributed by atoms with van der Waals surface area (Å²) in [6.07, 6.45) is -2.09. The third kappa shape index (κ3) is 6.60. The lowest BCUT2D eigenvalue weighted by Crippen LogP contribution is -2.45. The van der Waals surface area contributed by atoms with Crippen LogP contribution in [0.5, 0.6) is 0 Å². The highest BCUT2D eigenvalue weighted by Gasteiger charge is 2.60. The number of amides is 1. The summed E-state index contributed by atoms with van der Waals surface area (Å²) in [6.45, 7) is 6.59. The summed E-state index contributed by atoms with van der Waals surface area (Å²) in [5.41, 5.74) is -2.17. The summed E-state index contributed by atoms with van der Waals surface area (Å²) in [5.74, 6) is 0.149. The number of halogens is 1. The molecule has 5 atom stereocenters. The third-order valence-corrected chi connectivity index (χ3v) is 8.53.